The number of thioether (sulfide) groups is 1. The zero-order valence-corrected chi connectivity index (χ0v) is 15.5. The first-order valence-electron chi connectivity index (χ1n) is 8.18. The van der Waals surface area contributed by atoms with Crippen LogP contribution in [-0.2, 0) is 19.1 Å². The minimum absolute atomic E-state index is 0.206. The topological polar surface area (TPSA) is 137 Å². The molecule has 3 rings (SSSR count). The zero-order valence-electron chi connectivity index (χ0n) is 14.7. The lowest BCUT2D eigenvalue weighted by Crippen LogP contribution is -2.70. The van der Waals surface area contributed by atoms with Crippen molar-refractivity contribution in [3.05, 3.63) is 46.7 Å². The summed E-state index contributed by atoms with van der Waals surface area (Å²) < 4.78 is 4.87. The number of rotatable bonds is 5. The van der Waals surface area contributed by atoms with Crippen LogP contribution in [0.15, 0.2) is 35.5 Å². The van der Waals surface area contributed by atoms with Crippen molar-refractivity contribution in [1.82, 2.24) is 10.2 Å². The maximum atomic E-state index is 12.5. The van der Waals surface area contributed by atoms with Crippen molar-refractivity contribution in [2.24, 2.45) is 0 Å². The number of hydrogen-bond acceptors (Lipinski definition) is 7. The summed E-state index contributed by atoms with van der Waals surface area (Å²) in [7, 11) is 0. The minimum atomic E-state index is -1.29. The Bertz CT molecular complexity index is 934. The molecule has 1 aromatic rings. The maximum Gasteiger partial charge on any atom is 0.352 e. The van der Waals surface area contributed by atoms with Crippen molar-refractivity contribution >= 4 is 35.5 Å². The molecule has 144 valence electrons. The highest BCUT2D eigenvalue weighted by molar-refractivity contribution is 8.00. The maximum absolute atomic E-state index is 12.5. The molecule has 2 aliphatic rings. The van der Waals surface area contributed by atoms with Gasteiger partial charge in [0.25, 0.3) is 11.8 Å². The predicted octanol–water partition coefficient (Wildman–Crippen LogP) is 0.474. The van der Waals surface area contributed by atoms with Gasteiger partial charge < -0.3 is 15.2 Å². The molecule has 28 heavy (non-hydrogen) atoms. The van der Waals surface area contributed by atoms with E-state index in [1.54, 1.807) is 0 Å². The predicted molar refractivity (Wildman–Crippen MR) is 96.8 cm³/mol. The second-order valence-electron chi connectivity index (χ2n) is 6.09. The smallest absolute Gasteiger partial charge is 0.352 e. The van der Waals surface area contributed by atoms with Gasteiger partial charge in [-0.25, -0.2) is 4.79 Å². The molecule has 9 nitrogen and oxygen atoms in total. The fourth-order valence-electron chi connectivity index (χ4n) is 2.90. The molecule has 2 heterocycles. The summed E-state index contributed by atoms with van der Waals surface area (Å²) >= 11 is 1.28. The highest BCUT2D eigenvalue weighted by Gasteiger charge is 2.54. The molecule has 2 amide bonds. The molecule has 1 saturated heterocycles. The van der Waals surface area contributed by atoms with E-state index in [2.05, 4.69) is 5.32 Å². The molecule has 1 aromatic carbocycles. The number of fused-ring (bicyclic) bond motifs is 1. The highest BCUT2D eigenvalue weighted by atomic mass is 32.2. The Balaban J connectivity index is 1.74. The van der Waals surface area contributed by atoms with Gasteiger partial charge in [-0.2, -0.15) is 5.26 Å². The molecule has 2 aliphatic heterocycles. The van der Waals surface area contributed by atoms with Gasteiger partial charge in [-0.3, -0.25) is 19.3 Å². The van der Waals surface area contributed by atoms with Gasteiger partial charge >= 0.3 is 11.9 Å². The van der Waals surface area contributed by atoms with Crippen molar-refractivity contribution in [2.45, 2.75) is 18.3 Å². The number of nitriles is 1. The number of carbonyl (C=O) groups is 4. The zero-order chi connectivity index (χ0) is 20.4. The van der Waals surface area contributed by atoms with E-state index in [9.17, 15) is 24.3 Å². The molecule has 2 N–H and O–H groups in total. The lowest BCUT2D eigenvalue weighted by Gasteiger charge is -2.49. The summed E-state index contributed by atoms with van der Waals surface area (Å²) in [6, 6.07) is 7.02. The standard InChI is InChI=1S/C18H15N3O6S/c1-9(22)27-7-12-8-28-17-13(16(24)21(17)14(12)18(25)26)20-15(23)11-4-2-10(6-19)3-5-11/h2-5,13,17H,7-8H2,1H3,(H,20,23)(H,25,26)/t13-,17-/m1/s1. The molecule has 0 unspecified atom stereocenters. The van der Waals surface area contributed by atoms with Crippen LogP contribution in [0.4, 0.5) is 0 Å². The van der Waals surface area contributed by atoms with Gasteiger partial charge in [-0.1, -0.05) is 0 Å². The number of benzene rings is 1. The molecule has 1 fully saturated rings. The SMILES string of the molecule is CC(=O)OCC1=C(C(=O)O)N2C(=O)[C@@H](NC(=O)c3ccc(C#N)cc3)[C@H]2SC1. The van der Waals surface area contributed by atoms with Crippen molar-refractivity contribution in [3.8, 4) is 6.07 Å². The number of aliphatic carboxylic acids is 1. The molecule has 0 aliphatic carbocycles. The van der Waals surface area contributed by atoms with Crippen molar-refractivity contribution in [3.63, 3.8) is 0 Å². The van der Waals surface area contributed by atoms with Crippen molar-refractivity contribution in [1.29, 1.82) is 5.26 Å². The van der Waals surface area contributed by atoms with E-state index in [4.69, 9.17) is 10.00 Å². The van der Waals surface area contributed by atoms with Crippen LogP contribution in [0.5, 0.6) is 0 Å². The molecular weight excluding hydrogens is 386 g/mol. The fourth-order valence-corrected chi connectivity index (χ4v) is 4.23. The molecule has 0 spiro atoms. The Labute approximate surface area is 163 Å². The molecule has 0 aromatic heterocycles. The van der Waals surface area contributed by atoms with Crippen molar-refractivity contribution in [2.75, 3.05) is 12.4 Å². The average molecular weight is 401 g/mol. The molecular formula is C18H15N3O6S. The van der Waals surface area contributed by atoms with Crippen LogP contribution in [0.3, 0.4) is 0 Å². The van der Waals surface area contributed by atoms with Gasteiger partial charge in [0.1, 0.15) is 23.7 Å². The first kappa shape index (κ1) is 19.4. The third-order valence-electron chi connectivity index (χ3n) is 4.26. The minimum Gasteiger partial charge on any atom is -0.477 e. The number of carbonyl (C=O) groups excluding carboxylic acids is 3. The van der Waals surface area contributed by atoms with Gasteiger partial charge in [0, 0.05) is 23.8 Å². The highest BCUT2D eigenvalue weighted by Crippen LogP contribution is 2.40. The van der Waals surface area contributed by atoms with Gasteiger partial charge in [-0.05, 0) is 24.3 Å². The summed E-state index contributed by atoms with van der Waals surface area (Å²) in [5.74, 6) is -2.62. The second kappa shape index (κ2) is 7.74. The summed E-state index contributed by atoms with van der Waals surface area (Å²) in [5.41, 5.74) is 0.811. The van der Waals surface area contributed by atoms with Crippen LogP contribution in [0.25, 0.3) is 0 Å². The largest absolute Gasteiger partial charge is 0.477 e. The molecule has 2 atom stereocenters. The molecule has 0 bridgehead atoms. The lowest BCUT2D eigenvalue weighted by atomic mass is 10.0. The first-order chi connectivity index (χ1) is 13.3. The van der Waals surface area contributed by atoms with E-state index in [1.807, 2.05) is 6.07 Å². The van der Waals surface area contributed by atoms with Gasteiger partial charge in [-0.15, -0.1) is 11.8 Å². The number of nitrogens with one attached hydrogen (secondary N) is 1. The Hall–Kier alpha value is -3.32. The fraction of sp³-hybridized carbons (Fsp3) is 0.278. The first-order valence-corrected chi connectivity index (χ1v) is 9.22. The molecule has 0 saturated carbocycles. The van der Waals surface area contributed by atoms with Crippen LogP contribution in [-0.4, -0.2) is 57.5 Å². The lowest BCUT2D eigenvalue weighted by molar-refractivity contribution is -0.149. The number of carboxylic acids is 1. The van der Waals surface area contributed by atoms with Crippen molar-refractivity contribution < 1.29 is 29.0 Å². The molecule has 0 radical (unpaired) electrons. The Morgan fingerprint density at radius 3 is 2.61 bits per heavy atom. The number of nitrogens with zero attached hydrogens (tertiary/aromatic N) is 2. The van der Waals surface area contributed by atoms with Gasteiger partial charge in [0.15, 0.2) is 0 Å². The van der Waals surface area contributed by atoms with Crippen LogP contribution < -0.4 is 5.32 Å². The van der Waals surface area contributed by atoms with E-state index in [1.165, 1.54) is 43.0 Å². The summed E-state index contributed by atoms with van der Waals surface area (Å²) in [4.78, 5) is 48.6. The third kappa shape index (κ3) is 3.57. The quantitative estimate of drug-likeness (QED) is 0.537. The van der Waals surface area contributed by atoms with Crippen LogP contribution >= 0.6 is 11.8 Å². The van der Waals surface area contributed by atoms with E-state index in [0.717, 1.165) is 4.90 Å². The summed E-state index contributed by atoms with van der Waals surface area (Å²) in [6.07, 6.45) is 0. The van der Waals surface area contributed by atoms with E-state index in [0.29, 0.717) is 11.1 Å². The molecule has 10 heteroatoms. The van der Waals surface area contributed by atoms with Crippen LogP contribution in [0, 0.1) is 11.3 Å². The Morgan fingerprint density at radius 2 is 2.04 bits per heavy atom. The summed E-state index contributed by atoms with van der Waals surface area (Å²) in [5, 5.41) is 20.3. The van der Waals surface area contributed by atoms with Gasteiger partial charge in [0.2, 0.25) is 0 Å². The van der Waals surface area contributed by atoms with Crippen LogP contribution in [0.2, 0.25) is 0 Å². The number of ether oxygens (including phenoxy) is 1. The monoisotopic (exact) mass is 401 g/mol. The van der Waals surface area contributed by atoms with E-state index < -0.39 is 35.2 Å². The van der Waals surface area contributed by atoms with Gasteiger partial charge in [0.05, 0.1) is 11.6 Å². The van der Waals surface area contributed by atoms with E-state index >= 15 is 0 Å². The third-order valence-corrected chi connectivity index (χ3v) is 5.60. The number of esters is 1. The normalized spacial score (nSPS) is 20.6. The summed E-state index contributed by atoms with van der Waals surface area (Å²) in [6.45, 7) is 1.01. The Kier molecular flexibility index (Phi) is 5.37. The number of amides is 2. The Morgan fingerprint density at radius 1 is 1.36 bits per heavy atom. The number of carboxylic acid groups (broad SMARTS) is 1. The number of hydrogen-bond donors (Lipinski definition) is 2. The average Bonchev–Trinajstić information content (AvgIpc) is 2.69. The van der Waals surface area contributed by atoms with Crippen LogP contribution in [0.1, 0.15) is 22.8 Å². The van der Waals surface area contributed by atoms with E-state index in [-0.39, 0.29) is 23.6 Å². The second-order valence-corrected chi connectivity index (χ2v) is 7.19. The number of β-lactam (4-membered cyclic amide) rings is 1.